The van der Waals surface area contributed by atoms with Crippen LogP contribution in [0.15, 0.2) is 0 Å². The van der Waals surface area contributed by atoms with Crippen LogP contribution in [-0.2, 0) is 19.1 Å². The van der Waals surface area contributed by atoms with E-state index >= 15 is 0 Å². The third kappa shape index (κ3) is 3.23. The van der Waals surface area contributed by atoms with Crippen molar-refractivity contribution in [2.45, 2.75) is 13.1 Å². The Morgan fingerprint density at radius 1 is 1.29 bits per heavy atom. The number of carbonyl (C=O) groups is 2. The summed E-state index contributed by atoms with van der Waals surface area (Å²) in [5, 5.41) is 0. The second-order valence-corrected chi connectivity index (χ2v) is 2.25. The second-order valence-electron chi connectivity index (χ2n) is 2.25. The summed E-state index contributed by atoms with van der Waals surface area (Å²) >= 11 is 0. The van der Waals surface area contributed by atoms with Gasteiger partial charge in [0.15, 0.2) is 0 Å². The van der Waals surface area contributed by atoms with Crippen molar-refractivity contribution in [2.75, 3.05) is 13.7 Å². The summed E-state index contributed by atoms with van der Waals surface area (Å²) in [7, 11) is 0.764. The van der Waals surface area contributed by atoms with E-state index in [-0.39, 0.29) is 6.61 Å². The SMILES string of the molecule is CCOC(=O)C(C(=O)OC)C(F)(F)F. The molecule has 82 valence electrons. The molecule has 0 amide bonds. The Morgan fingerprint density at radius 3 is 2.07 bits per heavy atom. The number of hydrogen-bond donors (Lipinski definition) is 0. The number of ether oxygens (including phenoxy) is 2. The zero-order valence-electron chi connectivity index (χ0n) is 7.55. The largest absolute Gasteiger partial charge is 0.468 e. The minimum Gasteiger partial charge on any atom is -0.468 e. The van der Waals surface area contributed by atoms with Crippen LogP contribution in [0.1, 0.15) is 6.92 Å². The van der Waals surface area contributed by atoms with Gasteiger partial charge in [-0.25, -0.2) is 0 Å². The summed E-state index contributed by atoms with van der Waals surface area (Å²) in [5.74, 6) is -6.17. The van der Waals surface area contributed by atoms with Gasteiger partial charge in [-0.1, -0.05) is 0 Å². The van der Waals surface area contributed by atoms with E-state index in [1.165, 1.54) is 6.92 Å². The Labute approximate surface area is 78.0 Å². The van der Waals surface area contributed by atoms with E-state index in [0.29, 0.717) is 0 Å². The number of carbonyl (C=O) groups excluding carboxylic acids is 2. The van der Waals surface area contributed by atoms with Crippen molar-refractivity contribution in [3.63, 3.8) is 0 Å². The summed E-state index contributed by atoms with van der Waals surface area (Å²) in [5.41, 5.74) is 0. The van der Waals surface area contributed by atoms with Crippen molar-refractivity contribution < 1.29 is 32.2 Å². The van der Waals surface area contributed by atoms with E-state index < -0.39 is 24.0 Å². The highest BCUT2D eigenvalue weighted by molar-refractivity contribution is 5.95. The maximum atomic E-state index is 12.1. The molecule has 0 aliphatic carbocycles. The zero-order chi connectivity index (χ0) is 11.4. The molecule has 0 heterocycles. The first-order valence-corrected chi connectivity index (χ1v) is 3.65. The third-order valence-electron chi connectivity index (χ3n) is 1.29. The van der Waals surface area contributed by atoms with Gasteiger partial charge in [0.05, 0.1) is 13.7 Å². The molecule has 1 unspecified atom stereocenters. The fraction of sp³-hybridized carbons (Fsp3) is 0.714. The molecule has 0 aromatic heterocycles. The smallest absolute Gasteiger partial charge is 0.412 e. The lowest BCUT2D eigenvalue weighted by Gasteiger charge is -2.15. The molecule has 0 saturated carbocycles. The molecular weight excluding hydrogens is 205 g/mol. The van der Waals surface area contributed by atoms with Crippen LogP contribution in [0.4, 0.5) is 13.2 Å². The number of alkyl halides is 3. The van der Waals surface area contributed by atoms with Crippen molar-refractivity contribution in [1.29, 1.82) is 0 Å². The molecule has 0 aromatic carbocycles. The van der Waals surface area contributed by atoms with E-state index in [0.717, 1.165) is 7.11 Å². The highest BCUT2D eigenvalue weighted by atomic mass is 19.4. The standard InChI is InChI=1S/C7H9F3O4/c1-3-14-6(12)4(5(11)13-2)7(8,9)10/h4H,3H2,1-2H3. The maximum absolute atomic E-state index is 12.1. The van der Waals surface area contributed by atoms with Gasteiger partial charge in [-0.3, -0.25) is 9.59 Å². The van der Waals surface area contributed by atoms with Crippen LogP contribution in [0.2, 0.25) is 0 Å². The van der Waals surface area contributed by atoms with Crippen LogP contribution >= 0.6 is 0 Å². The fourth-order valence-corrected chi connectivity index (χ4v) is 0.707. The quantitative estimate of drug-likeness (QED) is 0.517. The molecule has 0 rings (SSSR count). The van der Waals surface area contributed by atoms with Crippen molar-refractivity contribution in [3.8, 4) is 0 Å². The average molecular weight is 214 g/mol. The van der Waals surface area contributed by atoms with Crippen LogP contribution in [0.5, 0.6) is 0 Å². The highest BCUT2D eigenvalue weighted by Gasteiger charge is 2.52. The molecule has 14 heavy (non-hydrogen) atoms. The predicted molar refractivity (Wildman–Crippen MR) is 38.2 cm³/mol. The van der Waals surface area contributed by atoms with Gasteiger partial charge >= 0.3 is 18.1 Å². The van der Waals surface area contributed by atoms with Gasteiger partial charge in [-0.2, -0.15) is 13.2 Å². The number of hydrogen-bond acceptors (Lipinski definition) is 4. The number of esters is 2. The molecule has 0 N–H and O–H groups in total. The molecule has 0 bridgehead atoms. The zero-order valence-corrected chi connectivity index (χ0v) is 7.55. The lowest BCUT2D eigenvalue weighted by molar-refractivity contribution is -0.207. The molecule has 0 spiro atoms. The molecule has 0 aliphatic heterocycles. The van der Waals surface area contributed by atoms with E-state index in [2.05, 4.69) is 9.47 Å². The Balaban J connectivity index is 4.73. The van der Waals surface area contributed by atoms with Gasteiger partial charge in [-0.15, -0.1) is 0 Å². The Bertz CT molecular complexity index is 223. The Hall–Kier alpha value is -1.27. The topological polar surface area (TPSA) is 52.6 Å². The van der Waals surface area contributed by atoms with Gasteiger partial charge in [0.2, 0.25) is 5.92 Å². The summed E-state index contributed by atoms with van der Waals surface area (Å²) in [6.07, 6.45) is -4.99. The van der Waals surface area contributed by atoms with Crippen molar-refractivity contribution in [3.05, 3.63) is 0 Å². The van der Waals surface area contributed by atoms with Crippen LogP contribution < -0.4 is 0 Å². The first kappa shape index (κ1) is 12.7. The van der Waals surface area contributed by atoms with Gasteiger partial charge in [0.1, 0.15) is 0 Å². The van der Waals surface area contributed by atoms with Crippen molar-refractivity contribution in [2.24, 2.45) is 5.92 Å². The number of rotatable bonds is 3. The summed E-state index contributed by atoms with van der Waals surface area (Å²) in [4.78, 5) is 21.4. The normalized spacial score (nSPS) is 13.2. The lowest BCUT2D eigenvalue weighted by Crippen LogP contribution is -2.39. The van der Waals surface area contributed by atoms with Gasteiger partial charge in [0, 0.05) is 0 Å². The van der Waals surface area contributed by atoms with E-state index in [1.807, 2.05) is 0 Å². The summed E-state index contributed by atoms with van der Waals surface area (Å²) in [6, 6.07) is 0. The van der Waals surface area contributed by atoms with Crippen LogP contribution in [0.3, 0.4) is 0 Å². The molecular formula is C7H9F3O4. The van der Waals surface area contributed by atoms with Crippen LogP contribution in [0.25, 0.3) is 0 Å². The van der Waals surface area contributed by atoms with E-state index in [1.54, 1.807) is 0 Å². The van der Waals surface area contributed by atoms with Gasteiger partial charge in [-0.05, 0) is 6.92 Å². The fourth-order valence-electron chi connectivity index (χ4n) is 0.707. The van der Waals surface area contributed by atoms with E-state index in [9.17, 15) is 22.8 Å². The maximum Gasteiger partial charge on any atom is 0.412 e. The molecule has 1 atom stereocenters. The summed E-state index contributed by atoms with van der Waals surface area (Å²) in [6.45, 7) is 1.10. The first-order valence-electron chi connectivity index (χ1n) is 3.65. The molecule has 0 radical (unpaired) electrons. The minimum absolute atomic E-state index is 0.234. The number of methoxy groups -OCH3 is 1. The Kier molecular flexibility index (Phi) is 4.39. The molecule has 0 fully saturated rings. The van der Waals surface area contributed by atoms with Crippen molar-refractivity contribution >= 4 is 11.9 Å². The van der Waals surface area contributed by atoms with Gasteiger partial charge < -0.3 is 9.47 Å². The van der Waals surface area contributed by atoms with E-state index in [4.69, 9.17) is 0 Å². The number of halogens is 3. The van der Waals surface area contributed by atoms with Gasteiger partial charge in [0.25, 0.3) is 0 Å². The third-order valence-corrected chi connectivity index (χ3v) is 1.29. The Morgan fingerprint density at radius 2 is 1.79 bits per heavy atom. The monoisotopic (exact) mass is 214 g/mol. The highest BCUT2D eigenvalue weighted by Crippen LogP contribution is 2.28. The molecule has 4 nitrogen and oxygen atoms in total. The average Bonchev–Trinajstić information content (AvgIpc) is 2.02. The van der Waals surface area contributed by atoms with Crippen molar-refractivity contribution in [1.82, 2.24) is 0 Å². The second kappa shape index (κ2) is 4.83. The molecule has 0 aromatic rings. The molecule has 7 heteroatoms. The summed E-state index contributed by atoms with van der Waals surface area (Å²) < 4.78 is 44.3. The minimum atomic E-state index is -4.99. The van der Waals surface area contributed by atoms with Crippen LogP contribution in [-0.4, -0.2) is 31.8 Å². The first-order chi connectivity index (χ1) is 6.34. The lowest BCUT2D eigenvalue weighted by atomic mass is 10.1. The molecule has 0 aliphatic rings. The van der Waals surface area contributed by atoms with Crippen LogP contribution in [0, 0.1) is 5.92 Å². The molecule has 0 saturated heterocycles. The predicted octanol–water partition coefficient (Wildman–Crippen LogP) is 0.901.